The second kappa shape index (κ2) is 6.02. The fourth-order valence-corrected chi connectivity index (χ4v) is 4.12. The maximum absolute atomic E-state index is 6.36. The molecule has 5 heteroatoms. The quantitative estimate of drug-likeness (QED) is 0.658. The van der Waals surface area contributed by atoms with Gasteiger partial charge in [0.1, 0.15) is 5.75 Å². The van der Waals surface area contributed by atoms with E-state index in [1.165, 1.54) is 5.56 Å². The maximum atomic E-state index is 6.36. The molecule has 3 aliphatic heterocycles. The van der Waals surface area contributed by atoms with Crippen LogP contribution in [0.15, 0.2) is 77.9 Å². The molecule has 0 amide bonds. The minimum atomic E-state index is -0.243. The van der Waals surface area contributed by atoms with E-state index in [2.05, 4.69) is 35.3 Å². The molecule has 0 aliphatic carbocycles. The van der Waals surface area contributed by atoms with Gasteiger partial charge in [0.25, 0.3) is 0 Å². The number of hydrogen-bond donors (Lipinski definition) is 0. The van der Waals surface area contributed by atoms with E-state index in [1.807, 2.05) is 42.5 Å². The largest absolute Gasteiger partial charge is 0.464 e. The number of benzene rings is 3. The van der Waals surface area contributed by atoms with Crippen LogP contribution in [0.5, 0.6) is 17.2 Å². The Labute approximate surface area is 162 Å². The molecular formula is C23H18N2O3. The summed E-state index contributed by atoms with van der Waals surface area (Å²) in [5.74, 6) is 2.50. The van der Waals surface area contributed by atoms with Gasteiger partial charge >= 0.3 is 0 Å². The minimum Gasteiger partial charge on any atom is -0.464 e. The van der Waals surface area contributed by atoms with Crippen LogP contribution in [-0.4, -0.2) is 17.5 Å². The fraction of sp³-hybridized carbons (Fsp3) is 0.174. The topological polar surface area (TPSA) is 43.3 Å². The van der Waals surface area contributed by atoms with Crippen LogP contribution in [0.25, 0.3) is 0 Å². The van der Waals surface area contributed by atoms with Gasteiger partial charge in [-0.05, 0) is 24.3 Å². The molecule has 3 aromatic carbocycles. The van der Waals surface area contributed by atoms with Crippen molar-refractivity contribution >= 4 is 5.71 Å². The number of para-hydroxylation sites is 1. The minimum absolute atomic E-state index is 0.149. The predicted octanol–water partition coefficient (Wildman–Crippen LogP) is 4.66. The molecule has 2 unspecified atom stereocenters. The van der Waals surface area contributed by atoms with Crippen molar-refractivity contribution in [3.8, 4) is 17.2 Å². The summed E-state index contributed by atoms with van der Waals surface area (Å²) in [6, 6.07) is 24.7. The third-order valence-corrected chi connectivity index (χ3v) is 5.49. The van der Waals surface area contributed by atoms with Crippen molar-refractivity contribution in [3.63, 3.8) is 0 Å². The van der Waals surface area contributed by atoms with E-state index in [9.17, 15) is 0 Å². The van der Waals surface area contributed by atoms with Gasteiger partial charge in [-0.1, -0.05) is 48.5 Å². The molecule has 0 fully saturated rings. The highest BCUT2D eigenvalue weighted by atomic mass is 16.7. The lowest BCUT2D eigenvalue weighted by Gasteiger charge is -2.38. The zero-order chi connectivity index (χ0) is 18.5. The average molecular weight is 370 g/mol. The second-order valence-electron chi connectivity index (χ2n) is 7.13. The van der Waals surface area contributed by atoms with Gasteiger partial charge < -0.3 is 14.2 Å². The molecule has 138 valence electrons. The average Bonchev–Trinajstić information content (AvgIpc) is 3.40. The van der Waals surface area contributed by atoms with Crippen LogP contribution in [0.4, 0.5) is 0 Å². The molecule has 0 bridgehead atoms. The van der Waals surface area contributed by atoms with Gasteiger partial charge in [0, 0.05) is 23.1 Å². The number of hydrazone groups is 1. The van der Waals surface area contributed by atoms with E-state index >= 15 is 0 Å². The molecular weight excluding hydrogens is 352 g/mol. The Bertz CT molecular complexity index is 1080. The highest BCUT2D eigenvalue weighted by Gasteiger charge is 2.40. The van der Waals surface area contributed by atoms with E-state index in [0.29, 0.717) is 0 Å². The van der Waals surface area contributed by atoms with Gasteiger partial charge in [0.15, 0.2) is 11.5 Å². The zero-order valence-corrected chi connectivity index (χ0v) is 15.1. The second-order valence-corrected chi connectivity index (χ2v) is 7.13. The molecule has 3 aromatic rings. The summed E-state index contributed by atoms with van der Waals surface area (Å²) < 4.78 is 17.4. The monoisotopic (exact) mass is 370 g/mol. The first-order valence-corrected chi connectivity index (χ1v) is 9.43. The number of hydrogen-bond acceptors (Lipinski definition) is 5. The van der Waals surface area contributed by atoms with E-state index < -0.39 is 0 Å². The summed E-state index contributed by atoms with van der Waals surface area (Å²) in [7, 11) is 0. The van der Waals surface area contributed by atoms with E-state index in [4.69, 9.17) is 19.3 Å². The Morgan fingerprint density at radius 3 is 2.57 bits per heavy atom. The summed E-state index contributed by atoms with van der Waals surface area (Å²) in [6.07, 6.45) is 0.580. The summed E-state index contributed by atoms with van der Waals surface area (Å²) >= 11 is 0. The summed E-state index contributed by atoms with van der Waals surface area (Å²) in [5, 5.41) is 7.09. The van der Waals surface area contributed by atoms with Crippen molar-refractivity contribution in [2.75, 3.05) is 6.79 Å². The smallest absolute Gasteiger partial charge is 0.231 e. The van der Waals surface area contributed by atoms with Crippen LogP contribution >= 0.6 is 0 Å². The Morgan fingerprint density at radius 2 is 1.64 bits per heavy atom. The summed E-state index contributed by atoms with van der Waals surface area (Å²) in [6.45, 7) is 0.275. The Morgan fingerprint density at radius 1 is 0.821 bits per heavy atom. The lowest BCUT2D eigenvalue weighted by atomic mass is 9.96. The standard InChI is InChI=1S/C23H18N2O3/c1-2-6-15(7-3-1)23-25-19(17-8-4-5-9-20(17)28-23)13-18(24-25)16-10-11-21-22(12-16)27-14-26-21/h1-12,19,23H,13-14H2. The summed E-state index contributed by atoms with van der Waals surface area (Å²) in [4.78, 5) is 0. The molecule has 0 spiro atoms. The number of nitrogens with zero attached hydrogens (tertiary/aromatic N) is 2. The van der Waals surface area contributed by atoms with Gasteiger partial charge in [0.2, 0.25) is 13.0 Å². The summed E-state index contributed by atoms with van der Waals surface area (Å²) in [5.41, 5.74) is 4.36. The van der Waals surface area contributed by atoms with Crippen molar-refractivity contribution in [1.29, 1.82) is 0 Å². The van der Waals surface area contributed by atoms with Crippen molar-refractivity contribution in [2.24, 2.45) is 5.10 Å². The number of rotatable bonds is 2. The molecule has 2 atom stereocenters. The van der Waals surface area contributed by atoms with Crippen LogP contribution in [0, 0.1) is 0 Å². The van der Waals surface area contributed by atoms with Gasteiger partial charge in [-0.3, -0.25) is 0 Å². The molecule has 3 aliphatic rings. The van der Waals surface area contributed by atoms with Gasteiger partial charge in [-0.25, -0.2) is 5.01 Å². The Balaban J connectivity index is 1.43. The first kappa shape index (κ1) is 15.6. The Kier molecular flexibility index (Phi) is 3.35. The Hall–Kier alpha value is -3.47. The van der Waals surface area contributed by atoms with Crippen LogP contribution in [-0.2, 0) is 0 Å². The van der Waals surface area contributed by atoms with Gasteiger partial charge in [-0.2, -0.15) is 5.10 Å². The SMILES string of the molecule is c1ccc(C2Oc3ccccc3C3CC(c4ccc5c(c4)OCO5)=NN32)cc1. The van der Waals surface area contributed by atoms with E-state index in [-0.39, 0.29) is 19.1 Å². The van der Waals surface area contributed by atoms with Crippen LogP contribution in [0.3, 0.4) is 0 Å². The molecule has 0 radical (unpaired) electrons. The highest BCUT2D eigenvalue weighted by molar-refractivity contribution is 6.02. The van der Waals surface area contributed by atoms with Crippen molar-refractivity contribution in [3.05, 3.63) is 89.5 Å². The fourth-order valence-electron chi connectivity index (χ4n) is 4.12. The maximum Gasteiger partial charge on any atom is 0.231 e. The van der Waals surface area contributed by atoms with Crippen LogP contribution in [0.1, 0.15) is 35.4 Å². The molecule has 0 saturated carbocycles. The predicted molar refractivity (Wildman–Crippen MR) is 105 cm³/mol. The van der Waals surface area contributed by atoms with Crippen molar-refractivity contribution in [2.45, 2.75) is 18.7 Å². The molecule has 0 saturated heterocycles. The first-order valence-electron chi connectivity index (χ1n) is 9.43. The molecule has 6 rings (SSSR count). The van der Waals surface area contributed by atoms with E-state index in [1.54, 1.807) is 0 Å². The van der Waals surface area contributed by atoms with E-state index in [0.717, 1.165) is 40.5 Å². The lowest BCUT2D eigenvalue weighted by molar-refractivity contribution is -0.0190. The van der Waals surface area contributed by atoms with Crippen molar-refractivity contribution in [1.82, 2.24) is 5.01 Å². The third kappa shape index (κ3) is 2.36. The first-order chi connectivity index (χ1) is 13.9. The van der Waals surface area contributed by atoms with Crippen LogP contribution in [0.2, 0.25) is 0 Å². The van der Waals surface area contributed by atoms with Gasteiger partial charge in [0.05, 0.1) is 11.8 Å². The third-order valence-electron chi connectivity index (χ3n) is 5.49. The molecule has 0 aromatic heterocycles. The van der Waals surface area contributed by atoms with Gasteiger partial charge in [-0.15, -0.1) is 0 Å². The highest BCUT2D eigenvalue weighted by Crippen LogP contribution is 2.47. The molecule has 0 N–H and O–H groups in total. The lowest BCUT2D eigenvalue weighted by Crippen LogP contribution is -2.33. The van der Waals surface area contributed by atoms with Crippen LogP contribution < -0.4 is 14.2 Å². The molecule has 28 heavy (non-hydrogen) atoms. The zero-order valence-electron chi connectivity index (χ0n) is 15.1. The number of ether oxygens (including phenoxy) is 3. The number of fused-ring (bicyclic) bond motifs is 4. The molecule has 5 nitrogen and oxygen atoms in total. The normalized spacial score (nSPS) is 21.6. The molecule has 3 heterocycles. The van der Waals surface area contributed by atoms with Crippen molar-refractivity contribution < 1.29 is 14.2 Å².